The van der Waals surface area contributed by atoms with Gasteiger partial charge in [0.1, 0.15) is 12.1 Å². The van der Waals surface area contributed by atoms with E-state index in [1.54, 1.807) is 0 Å². The number of rotatable bonds is 1. The van der Waals surface area contributed by atoms with Gasteiger partial charge in [0.15, 0.2) is 0 Å². The summed E-state index contributed by atoms with van der Waals surface area (Å²) in [7, 11) is 0. The fraction of sp³-hybridized carbons (Fsp3) is 1.00. The number of hydrogen-bond acceptors (Lipinski definition) is 1. The molecule has 0 aromatic heterocycles. The zero-order chi connectivity index (χ0) is 9.32. The number of hydrogen-bond donors (Lipinski definition) is 1. The van der Waals surface area contributed by atoms with E-state index in [1.807, 2.05) is 0 Å². The molecule has 0 amide bonds. The van der Waals surface area contributed by atoms with Crippen molar-refractivity contribution in [1.82, 2.24) is 0 Å². The first-order chi connectivity index (χ1) is 6.08. The van der Waals surface area contributed by atoms with Gasteiger partial charge in [-0.3, -0.25) is 0 Å². The summed E-state index contributed by atoms with van der Waals surface area (Å²) in [6.07, 6.45) is 4.07. The first-order valence-electron chi connectivity index (χ1n) is 5.51. The van der Waals surface area contributed by atoms with Crippen LogP contribution in [0.15, 0.2) is 0 Å². The average molecular weight is 182 g/mol. The summed E-state index contributed by atoms with van der Waals surface area (Å²) in [5, 5.41) is 0. The van der Waals surface area contributed by atoms with Crippen molar-refractivity contribution in [3.05, 3.63) is 0 Å². The molecule has 4 atom stereocenters. The van der Waals surface area contributed by atoms with Crippen LogP contribution in [0.25, 0.3) is 0 Å². The van der Waals surface area contributed by atoms with Gasteiger partial charge in [0.25, 0.3) is 0 Å². The van der Waals surface area contributed by atoms with Crippen molar-refractivity contribution >= 4 is 0 Å². The summed E-state index contributed by atoms with van der Waals surface area (Å²) in [6.45, 7) is 6.84. The van der Waals surface area contributed by atoms with Crippen LogP contribution >= 0.6 is 0 Å². The highest BCUT2D eigenvalue weighted by Crippen LogP contribution is 2.74. The Balaban J connectivity index is 2.14. The molecule has 74 valence electrons. The molecule has 0 spiro atoms. The normalized spacial score (nSPS) is 63.5. The first-order valence-corrected chi connectivity index (χ1v) is 5.51. The molecule has 1 saturated heterocycles. The minimum absolute atomic E-state index is 0.157. The predicted octanol–water partition coefficient (Wildman–Crippen LogP) is 0.824. The third kappa shape index (κ3) is 0.581. The second kappa shape index (κ2) is 1.96. The van der Waals surface area contributed by atoms with Crippen molar-refractivity contribution in [3.63, 3.8) is 0 Å². The zero-order valence-electron chi connectivity index (χ0n) is 8.73. The van der Waals surface area contributed by atoms with Gasteiger partial charge in [-0.15, -0.1) is 0 Å². The van der Waals surface area contributed by atoms with Gasteiger partial charge >= 0.3 is 0 Å². The molecule has 2 nitrogen and oxygen atoms in total. The molecule has 13 heavy (non-hydrogen) atoms. The van der Waals surface area contributed by atoms with Crippen LogP contribution in [0.4, 0.5) is 0 Å². The molecule has 3 aliphatic rings. The zero-order valence-corrected chi connectivity index (χ0v) is 8.73. The Morgan fingerprint density at radius 3 is 2.69 bits per heavy atom. The van der Waals surface area contributed by atoms with Gasteiger partial charge in [0.05, 0.1) is 6.61 Å². The standard InChI is InChI=1S/C11H19NO/c1-9-7-13-11(6-12)5-8(9)3-4-10(9,11)2/h8H,3-7,12H2,1-2H3/p+1/t8-,9-,10+,11-/m0/s1. The van der Waals surface area contributed by atoms with Crippen LogP contribution in [0.2, 0.25) is 0 Å². The summed E-state index contributed by atoms with van der Waals surface area (Å²) in [5.41, 5.74) is 5.18. The van der Waals surface area contributed by atoms with E-state index in [4.69, 9.17) is 4.74 Å². The lowest BCUT2D eigenvalue weighted by atomic mass is 9.66. The molecular formula is C11H20NO+. The van der Waals surface area contributed by atoms with Crippen LogP contribution in [0.1, 0.15) is 33.1 Å². The molecule has 1 aliphatic heterocycles. The van der Waals surface area contributed by atoms with E-state index in [9.17, 15) is 0 Å². The van der Waals surface area contributed by atoms with E-state index in [0.717, 1.165) is 19.1 Å². The van der Waals surface area contributed by atoms with E-state index >= 15 is 0 Å². The largest absolute Gasteiger partial charge is 0.368 e. The third-order valence-corrected chi connectivity index (χ3v) is 5.79. The Hall–Kier alpha value is -0.0800. The van der Waals surface area contributed by atoms with Crippen molar-refractivity contribution in [3.8, 4) is 0 Å². The molecule has 3 fully saturated rings. The second-order valence-corrected chi connectivity index (χ2v) is 5.72. The molecule has 2 heteroatoms. The topological polar surface area (TPSA) is 36.9 Å². The number of ether oxygens (including phenoxy) is 1. The average Bonchev–Trinajstić information content (AvgIpc) is 2.58. The van der Waals surface area contributed by atoms with Crippen LogP contribution in [0.5, 0.6) is 0 Å². The maximum absolute atomic E-state index is 6.07. The molecule has 1 heterocycles. The highest BCUT2D eigenvalue weighted by Gasteiger charge is 2.76. The van der Waals surface area contributed by atoms with Crippen LogP contribution in [0, 0.1) is 16.7 Å². The smallest absolute Gasteiger partial charge is 0.123 e. The van der Waals surface area contributed by atoms with Gasteiger partial charge in [-0.05, 0) is 25.2 Å². The van der Waals surface area contributed by atoms with Crippen LogP contribution in [-0.4, -0.2) is 18.8 Å². The maximum atomic E-state index is 6.07. The molecular weight excluding hydrogens is 162 g/mol. The summed E-state index contributed by atoms with van der Waals surface area (Å²) >= 11 is 0. The lowest BCUT2D eigenvalue weighted by molar-refractivity contribution is -0.409. The maximum Gasteiger partial charge on any atom is 0.123 e. The number of quaternary nitrogens is 1. The van der Waals surface area contributed by atoms with Gasteiger partial charge in [-0.25, -0.2) is 0 Å². The third-order valence-electron chi connectivity index (χ3n) is 5.79. The molecule has 2 saturated carbocycles. The summed E-state index contributed by atoms with van der Waals surface area (Å²) in [5.74, 6) is 0.924. The second-order valence-electron chi connectivity index (χ2n) is 5.72. The molecule has 0 aromatic rings. The lowest BCUT2D eigenvalue weighted by Gasteiger charge is -2.38. The van der Waals surface area contributed by atoms with Crippen molar-refractivity contribution < 1.29 is 10.5 Å². The highest BCUT2D eigenvalue weighted by atomic mass is 16.5. The lowest BCUT2D eigenvalue weighted by Crippen LogP contribution is -2.65. The van der Waals surface area contributed by atoms with Crippen molar-refractivity contribution in [2.45, 2.75) is 38.7 Å². The Labute approximate surface area is 79.8 Å². The Morgan fingerprint density at radius 2 is 2.23 bits per heavy atom. The van der Waals surface area contributed by atoms with Crippen LogP contribution < -0.4 is 5.73 Å². The SMILES string of the molecule is C[C@]12CC[C@H]3C[C@@]1(C[NH3+])OC[C@@]32C. The summed E-state index contributed by atoms with van der Waals surface area (Å²) in [6, 6.07) is 0. The van der Waals surface area contributed by atoms with Gasteiger partial charge in [-0.2, -0.15) is 0 Å². The van der Waals surface area contributed by atoms with Crippen molar-refractivity contribution in [2.75, 3.05) is 13.2 Å². The van der Waals surface area contributed by atoms with Gasteiger partial charge in [0, 0.05) is 10.8 Å². The van der Waals surface area contributed by atoms with Crippen molar-refractivity contribution in [1.29, 1.82) is 0 Å². The Morgan fingerprint density at radius 1 is 1.46 bits per heavy atom. The van der Waals surface area contributed by atoms with Gasteiger partial charge < -0.3 is 10.5 Å². The highest BCUT2D eigenvalue weighted by molar-refractivity contribution is 5.23. The first kappa shape index (κ1) is 8.25. The molecule has 0 aromatic carbocycles. The Bertz CT molecular complexity index is 267. The molecule has 4 bridgehead atoms. The van der Waals surface area contributed by atoms with E-state index in [-0.39, 0.29) is 5.60 Å². The minimum Gasteiger partial charge on any atom is -0.368 e. The fourth-order valence-electron chi connectivity index (χ4n) is 4.45. The van der Waals surface area contributed by atoms with Crippen LogP contribution in [0.3, 0.4) is 0 Å². The monoisotopic (exact) mass is 182 g/mol. The van der Waals surface area contributed by atoms with Gasteiger partial charge in [-0.1, -0.05) is 13.8 Å². The Kier molecular flexibility index (Phi) is 1.24. The quantitative estimate of drug-likeness (QED) is 0.640. The minimum atomic E-state index is 0.157. The summed E-state index contributed by atoms with van der Waals surface area (Å²) < 4.78 is 6.07. The molecule has 0 radical (unpaired) electrons. The van der Waals surface area contributed by atoms with Crippen LogP contribution in [-0.2, 0) is 4.74 Å². The molecule has 0 unspecified atom stereocenters. The predicted molar refractivity (Wildman–Crippen MR) is 50.0 cm³/mol. The van der Waals surface area contributed by atoms with Gasteiger partial charge in [0.2, 0.25) is 0 Å². The summed E-state index contributed by atoms with van der Waals surface area (Å²) in [4.78, 5) is 0. The molecule has 3 N–H and O–H groups in total. The van der Waals surface area contributed by atoms with E-state index in [1.165, 1.54) is 19.3 Å². The van der Waals surface area contributed by atoms with E-state index in [2.05, 4.69) is 19.6 Å². The van der Waals surface area contributed by atoms with Crippen molar-refractivity contribution in [2.24, 2.45) is 16.7 Å². The van der Waals surface area contributed by atoms with E-state index < -0.39 is 0 Å². The van der Waals surface area contributed by atoms with E-state index in [0.29, 0.717) is 10.8 Å². The fourth-order valence-corrected chi connectivity index (χ4v) is 4.45. The molecule has 3 rings (SSSR count). The molecule has 2 aliphatic carbocycles.